The molecule has 2 fully saturated rings. The molecule has 19 heavy (non-hydrogen) atoms. The van der Waals surface area contributed by atoms with E-state index < -0.39 is 11.4 Å². The first-order chi connectivity index (χ1) is 8.81. The zero-order chi connectivity index (χ0) is 14.1. The van der Waals surface area contributed by atoms with E-state index in [0.717, 1.165) is 25.7 Å². The van der Waals surface area contributed by atoms with Gasteiger partial charge in [0.05, 0.1) is 19.1 Å². The van der Waals surface area contributed by atoms with Crippen molar-refractivity contribution in [2.45, 2.75) is 64.8 Å². The van der Waals surface area contributed by atoms with Crippen LogP contribution in [0, 0.1) is 11.8 Å². The maximum absolute atomic E-state index is 12.2. The molecule has 0 aromatic rings. The third-order valence-electron chi connectivity index (χ3n) is 4.01. The smallest absolute Gasteiger partial charge is 0.309 e. The van der Waals surface area contributed by atoms with Crippen molar-refractivity contribution < 1.29 is 19.0 Å². The zero-order valence-corrected chi connectivity index (χ0v) is 12.5. The normalized spacial score (nSPS) is 28.3. The van der Waals surface area contributed by atoms with Gasteiger partial charge in [0, 0.05) is 12.8 Å². The molecule has 1 aliphatic heterocycles. The number of esters is 1. The summed E-state index contributed by atoms with van der Waals surface area (Å²) in [5.41, 5.74) is -0.419. The summed E-state index contributed by atoms with van der Waals surface area (Å²) in [6, 6.07) is 0. The van der Waals surface area contributed by atoms with E-state index >= 15 is 0 Å². The Hall–Kier alpha value is -0.610. The monoisotopic (exact) mass is 270 g/mol. The van der Waals surface area contributed by atoms with E-state index in [1.807, 2.05) is 27.7 Å². The Kier molecular flexibility index (Phi) is 4.21. The van der Waals surface area contributed by atoms with Crippen LogP contribution < -0.4 is 0 Å². The minimum atomic E-state index is -0.419. The number of ether oxygens (including phenoxy) is 3. The standard InChI is InChI=1S/C15H26O4/c1-11(13(16)19-14(2,3)4)12-6-5-7-15(10-12)17-8-9-18-15/h11-12H,5-10H2,1-4H3/t11-,12-/m1/s1. The Labute approximate surface area is 115 Å². The lowest BCUT2D eigenvalue weighted by atomic mass is 9.77. The fraction of sp³-hybridized carbons (Fsp3) is 0.933. The van der Waals surface area contributed by atoms with Crippen molar-refractivity contribution in [3.05, 3.63) is 0 Å². The molecule has 1 saturated carbocycles. The minimum Gasteiger partial charge on any atom is -0.460 e. The fourth-order valence-electron chi connectivity index (χ4n) is 3.01. The lowest BCUT2D eigenvalue weighted by Crippen LogP contribution is -2.40. The lowest BCUT2D eigenvalue weighted by Gasteiger charge is -2.38. The van der Waals surface area contributed by atoms with Gasteiger partial charge in [-0.05, 0) is 39.5 Å². The Morgan fingerprint density at radius 1 is 1.32 bits per heavy atom. The van der Waals surface area contributed by atoms with Gasteiger partial charge in [-0.3, -0.25) is 4.79 Å². The van der Waals surface area contributed by atoms with Gasteiger partial charge in [0.1, 0.15) is 5.60 Å². The second kappa shape index (κ2) is 5.41. The number of rotatable bonds is 2. The van der Waals surface area contributed by atoms with Crippen LogP contribution in [0.2, 0.25) is 0 Å². The molecule has 2 aliphatic rings. The number of hydrogen-bond donors (Lipinski definition) is 0. The van der Waals surface area contributed by atoms with Crippen LogP contribution >= 0.6 is 0 Å². The van der Waals surface area contributed by atoms with Gasteiger partial charge in [-0.15, -0.1) is 0 Å². The van der Waals surface area contributed by atoms with E-state index in [9.17, 15) is 4.79 Å². The molecule has 1 saturated heterocycles. The maximum Gasteiger partial charge on any atom is 0.309 e. The maximum atomic E-state index is 12.2. The molecule has 110 valence electrons. The molecule has 4 nitrogen and oxygen atoms in total. The zero-order valence-electron chi connectivity index (χ0n) is 12.5. The van der Waals surface area contributed by atoms with Crippen molar-refractivity contribution in [2.75, 3.05) is 13.2 Å². The highest BCUT2D eigenvalue weighted by molar-refractivity contribution is 5.72. The molecule has 0 aromatic carbocycles. The van der Waals surface area contributed by atoms with Crippen LogP contribution in [0.5, 0.6) is 0 Å². The summed E-state index contributed by atoms with van der Waals surface area (Å²) in [4.78, 5) is 12.2. The molecule has 0 unspecified atom stereocenters. The van der Waals surface area contributed by atoms with Crippen molar-refractivity contribution in [3.8, 4) is 0 Å². The average Bonchev–Trinajstić information content (AvgIpc) is 2.74. The summed E-state index contributed by atoms with van der Waals surface area (Å²) in [7, 11) is 0. The molecule has 1 spiro atoms. The van der Waals surface area contributed by atoms with Crippen LogP contribution in [-0.2, 0) is 19.0 Å². The quantitative estimate of drug-likeness (QED) is 0.724. The van der Waals surface area contributed by atoms with Gasteiger partial charge in [-0.1, -0.05) is 6.92 Å². The Morgan fingerprint density at radius 2 is 1.95 bits per heavy atom. The van der Waals surface area contributed by atoms with Crippen molar-refractivity contribution in [2.24, 2.45) is 11.8 Å². The molecule has 4 heteroatoms. The van der Waals surface area contributed by atoms with E-state index in [2.05, 4.69) is 0 Å². The van der Waals surface area contributed by atoms with Crippen molar-refractivity contribution >= 4 is 5.97 Å². The molecule has 1 heterocycles. The van der Waals surface area contributed by atoms with Crippen LogP contribution in [0.1, 0.15) is 53.4 Å². The summed E-state index contributed by atoms with van der Waals surface area (Å²) < 4.78 is 17.0. The van der Waals surface area contributed by atoms with Crippen LogP contribution in [0.15, 0.2) is 0 Å². The van der Waals surface area contributed by atoms with E-state index in [4.69, 9.17) is 14.2 Å². The second-order valence-corrected chi connectivity index (χ2v) is 6.79. The number of carbonyl (C=O) groups excluding carboxylic acids is 1. The summed E-state index contributed by atoms with van der Waals surface area (Å²) >= 11 is 0. The first-order valence-corrected chi connectivity index (χ1v) is 7.32. The SMILES string of the molecule is C[C@@H](C(=O)OC(C)(C)C)[C@@H]1CCCC2(C1)OCCO2. The van der Waals surface area contributed by atoms with Crippen molar-refractivity contribution in [1.29, 1.82) is 0 Å². The van der Waals surface area contributed by atoms with Crippen molar-refractivity contribution in [3.63, 3.8) is 0 Å². The fourth-order valence-corrected chi connectivity index (χ4v) is 3.01. The summed E-state index contributed by atoms with van der Waals surface area (Å²) in [6.45, 7) is 9.03. The topological polar surface area (TPSA) is 44.8 Å². The minimum absolute atomic E-state index is 0.0933. The third kappa shape index (κ3) is 3.69. The van der Waals surface area contributed by atoms with Gasteiger partial charge in [-0.25, -0.2) is 0 Å². The lowest BCUT2D eigenvalue weighted by molar-refractivity contribution is -0.194. The largest absolute Gasteiger partial charge is 0.460 e. The summed E-state index contributed by atoms with van der Waals surface area (Å²) in [6.07, 6.45) is 3.87. The predicted molar refractivity (Wildman–Crippen MR) is 71.6 cm³/mol. The van der Waals surface area contributed by atoms with Crippen LogP contribution in [-0.4, -0.2) is 30.6 Å². The first kappa shape index (κ1) is 14.8. The molecule has 0 amide bonds. The molecular weight excluding hydrogens is 244 g/mol. The van der Waals surface area contributed by atoms with Crippen LogP contribution in [0.4, 0.5) is 0 Å². The van der Waals surface area contributed by atoms with Gasteiger partial charge >= 0.3 is 5.97 Å². The van der Waals surface area contributed by atoms with E-state index in [1.54, 1.807) is 0 Å². The number of hydrogen-bond acceptors (Lipinski definition) is 4. The van der Waals surface area contributed by atoms with E-state index in [1.165, 1.54) is 0 Å². The molecular formula is C15H26O4. The molecule has 2 atom stereocenters. The average molecular weight is 270 g/mol. The summed E-state index contributed by atoms with van der Waals surface area (Å²) in [5.74, 6) is -0.322. The molecule has 0 N–H and O–H groups in total. The molecule has 1 aliphatic carbocycles. The highest BCUT2D eigenvalue weighted by atomic mass is 16.7. The molecule has 0 aromatic heterocycles. The van der Waals surface area contributed by atoms with Crippen LogP contribution in [0.25, 0.3) is 0 Å². The van der Waals surface area contributed by atoms with Gasteiger partial charge in [0.2, 0.25) is 0 Å². The highest BCUT2D eigenvalue weighted by Crippen LogP contribution is 2.41. The molecule has 0 bridgehead atoms. The Balaban J connectivity index is 1.95. The first-order valence-electron chi connectivity index (χ1n) is 7.32. The summed E-state index contributed by atoms with van der Waals surface area (Å²) in [5, 5.41) is 0. The van der Waals surface area contributed by atoms with E-state index in [-0.39, 0.29) is 11.9 Å². The van der Waals surface area contributed by atoms with Gasteiger partial charge in [0.15, 0.2) is 5.79 Å². The van der Waals surface area contributed by atoms with Gasteiger partial charge < -0.3 is 14.2 Å². The van der Waals surface area contributed by atoms with Gasteiger partial charge in [-0.2, -0.15) is 0 Å². The van der Waals surface area contributed by atoms with Gasteiger partial charge in [0.25, 0.3) is 0 Å². The highest BCUT2D eigenvalue weighted by Gasteiger charge is 2.44. The van der Waals surface area contributed by atoms with Crippen LogP contribution in [0.3, 0.4) is 0 Å². The third-order valence-corrected chi connectivity index (χ3v) is 4.01. The van der Waals surface area contributed by atoms with Crippen molar-refractivity contribution in [1.82, 2.24) is 0 Å². The Bertz CT molecular complexity index is 326. The second-order valence-electron chi connectivity index (χ2n) is 6.79. The Morgan fingerprint density at radius 3 is 2.53 bits per heavy atom. The molecule has 0 radical (unpaired) electrons. The molecule has 2 rings (SSSR count). The van der Waals surface area contributed by atoms with E-state index in [0.29, 0.717) is 19.1 Å². The number of carbonyl (C=O) groups is 1. The predicted octanol–water partition coefficient (Wildman–Crippen LogP) is 2.90.